The minimum Gasteiger partial charge on any atom is -0.324 e. The Balaban J connectivity index is 1.67. The number of aryl methyl sites for hydroxylation is 1. The second-order valence-electron chi connectivity index (χ2n) is 5.95. The van der Waals surface area contributed by atoms with Crippen LogP contribution in [0.1, 0.15) is 18.4 Å². The summed E-state index contributed by atoms with van der Waals surface area (Å²) in [5.74, 6) is -0.134. The molecule has 1 fully saturated rings. The smallest absolute Gasteiger partial charge is 0.322 e. The van der Waals surface area contributed by atoms with E-state index in [0.717, 1.165) is 23.4 Å². The van der Waals surface area contributed by atoms with Crippen LogP contribution in [-0.2, 0) is 4.79 Å². The minimum atomic E-state index is -0.437. The van der Waals surface area contributed by atoms with Gasteiger partial charge in [-0.1, -0.05) is 36.4 Å². The van der Waals surface area contributed by atoms with Crippen LogP contribution < -0.4 is 10.6 Å². The third-order valence-corrected chi connectivity index (χ3v) is 4.24. The minimum absolute atomic E-state index is 0.134. The maximum absolute atomic E-state index is 12.6. The number of nitrogens with zero attached hydrogens (tertiary/aromatic N) is 1. The number of urea groups is 1. The number of nitrogens with one attached hydrogen (secondary N) is 2. The Bertz CT molecular complexity index is 730. The van der Waals surface area contributed by atoms with Crippen molar-refractivity contribution in [2.24, 2.45) is 0 Å². The van der Waals surface area contributed by atoms with Crippen LogP contribution in [-0.4, -0.2) is 29.4 Å². The molecule has 2 aromatic carbocycles. The SMILES string of the molecule is Cc1ccccc1NC(=O)[C@@H]1CCCN1C(=O)Nc1ccccc1. The Kier molecular flexibility index (Phi) is 4.79. The highest BCUT2D eigenvalue weighted by molar-refractivity contribution is 5.99. The van der Waals surface area contributed by atoms with Crippen LogP contribution in [0.3, 0.4) is 0 Å². The molecular formula is C19H21N3O2. The van der Waals surface area contributed by atoms with E-state index in [1.165, 1.54) is 0 Å². The first kappa shape index (κ1) is 16.1. The zero-order valence-corrected chi connectivity index (χ0v) is 13.7. The van der Waals surface area contributed by atoms with Gasteiger partial charge in [0.25, 0.3) is 0 Å². The van der Waals surface area contributed by atoms with Crippen LogP contribution in [0.15, 0.2) is 54.6 Å². The van der Waals surface area contributed by atoms with Gasteiger partial charge in [0.15, 0.2) is 0 Å². The van der Waals surface area contributed by atoms with Gasteiger partial charge in [0.2, 0.25) is 5.91 Å². The average molecular weight is 323 g/mol. The van der Waals surface area contributed by atoms with Crippen molar-refractivity contribution in [3.8, 4) is 0 Å². The Morgan fingerprint density at radius 2 is 1.71 bits per heavy atom. The maximum Gasteiger partial charge on any atom is 0.322 e. The first-order valence-corrected chi connectivity index (χ1v) is 8.14. The predicted molar refractivity (Wildman–Crippen MR) is 95.0 cm³/mol. The van der Waals surface area contributed by atoms with Crippen molar-refractivity contribution < 1.29 is 9.59 Å². The number of anilines is 2. The van der Waals surface area contributed by atoms with Gasteiger partial charge in [-0.15, -0.1) is 0 Å². The summed E-state index contributed by atoms with van der Waals surface area (Å²) in [5, 5.41) is 5.79. The van der Waals surface area contributed by atoms with E-state index in [0.29, 0.717) is 13.0 Å². The van der Waals surface area contributed by atoms with Crippen molar-refractivity contribution in [1.29, 1.82) is 0 Å². The second kappa shape index (κ2) is 7.17. The molecule has 2 N–H and O–H groups in total. The van der Waals surface area contributed by atoms with Gasteiger partial charge in [-0.05, 0) is 43.5 Å². The Labute approximate surface area is 141 Å². The van der Waals surface area contributed by atoms with Gasteiger partial charge >= 0.3 is 6.03 Å². The lowest BCUT2D eigenvalue weighted by molar-refractivity contribution is -0.119. The lowest BCUT2D eigenvalue weighted by Crippen LogP contribution is -2.45. The summed E-state index contributed by atoms with van der Waals surface area (Å²) >= 11 is 0. The third kappa shape index (κ3) is 3.56. The molecule has 1 atom stereocenters. The van der Waals surface area contributed by atoms with Crippen molar-refractivity contribution in [2.75, 3.05) is 17.2 Å². The zero-order chi connectivity index (χ0) is 16.9. The molecule has 24 heavy (non-hydrogen) atoms. The lowest BCUT2D eigenvalue weighted by atomic mass is 10.1. The molecule has 0 aromatic heterocycles. The number of para-hydroxylation sites is 2. The molecule has 0 unspecified atom stereocenters. The molecule has 0 saturated carbocycles. The first-order valence-electron chi connectivity index (χ1n) is 8.14. The highest BCUT2D eigenvalue weighted by atomic mass is 16.2. The van der Waals surface area contributed by atoms with E-state index in [2.05, 4.69) is 10.6 Å². The number of hydrogen-bond acceptors (Lipinski definition) is 2. The van der Waals surface area contributed by atoms with Gasteiger partial charge in [0, 0.05) is 17.9 Å². The molecule has 5 heteroatoms. The van der Waals surface area contributed by atoms with E-state index in [1.54, 1.807) is 4.90 Å². The fourth-order valence-electron chi connectivity index (χ4n) is 2.93. The average Bonchev–Trinajstić information content (AvgIpc) is 3.08. The van der Waals surface area contributed by atoms with E-state index < -0.39 is 6.04 Å². The van der Waals surface area contributed by atoms with E-state index in [4.69, 9.17) is 0 Å². The van der Waals surface area contributed by atoms with E-state index >= 15 is 0 Å². The van der Waals surface area contributed by atoms with Gasteiger partial charge < -0.3 is 15.5 Å². The van der Waals surface area contributed by atoms with E-state index in [1.807, 2.05) is 61.5 Å². The molecule has 1 aliphatic rings. The molecule has 1 saturated heterocycles. The van der Waals surface area contributed by atoms with Crippen LogP contribution in [0.5, 0.6) is 0 Å². The van der Waals surface area contributed by atoms with Gasteiger partial charge in [-0.2, -0.15) is 0 Å². The molecule has 0 bridgehead atoms. The quantitative estimate of drug-likeness (QED) is 0.906. The lowest BCUT2D eigenvalue weighted by Gasteiger charge is -2.24. The molecule has 2 aromatic rings. The number of likely N-dealkylation sites (tertiary alicyclic amines) is 1. The highest BCUT2D eigenvalue weighted by Gasteiger charge is 2.34. The molecule has 0 radical (unpaired) electrons. The predicted octanol–water partition coefficient (Wildman–Crippen LogP) is 3.63. The monoisotopic (exact) mass is 323 g/mol. The van der Waals surface area contributed by atoms with Crippen molar-refractivity contribution >= 4 is 23.3 Å². The molecule has 124 valence electrons. The van der Waals surface area contributed by atoms with Crippen molar-refractivity contribution in [2.45, 2.75) is 25.8 Å². The van der Waals surface area contributed by atoms with Gasteiger partial charge in [0.05, 0.1) is 0 Å². The van der Waals surface area contributed by atoms with Crippen molar-refractivity contribution in [3.05, 3.63) is 60.2 Å². The van der Waals surface area contributed by atoms with Crippen molar-refractivity contribution in [1.82, 2.24) is 4.90 Å². The highest BCUT2D eigenvalue weighted by Crippen LogP contribution is 2.22. The number of rotatable bonds is 3. The summed E-state index contributed by atoms with van der Waals surface area (Å²) in [6, 6.07) is 16.2. The Morgan fingerprint density at radius 3 is 2.46 bits per heavy atom. The summed E-state index contributed by atoms with van der Waals surface area (Å²) < 4.78 is 0. The summed E-state index contributed by atoms with van der Waals surface area (Å²) in [4.78, 5) is 26.7. The molecule has 5 nitrogen and oxygen atoms in total. The largest absolute Gasteiger partial charge is 0.324 e. The fourth-order valence-corrected chi connectivity index (χ4v) is 2.93. The number of benzene rings is 2. The normalized spacial score (nSPS) is 16.7. The first-order chi connectivity index (χ1) is 11.6. The summed E-state index contributed by atoms with van der Waals surface area (Å²) in [6.45, 7) is 2.54. The van der Waals surface area contributed by atoms with Crippen LogP contribution in [0, 0.1) is 6.92 Å². The third-order valence-electron chi connectivity index (χ3n) is 4.24. The van der Waals surface area contributed by atoms with Gasteiger partial charge in [-0.25, -0.2) is 4.79 Å². The Morgan fingerprint density at radius 1 is 1.00 bits per heavy atom. The van der Waals surface area contributed by atoms with Gasteiger partial charge in [-0.3, -0.25) is 4.79 Å². The number of carbonyl (C=O) groups excluding carboxylic acids is 2. The second-order valence-corrected chi connectivity index (χ2v) is 5.95. The fraction of sp³-hybridized carbons (Fsp3) is 0.263. The summed E-state index contributed by atoms with van der Waals surface area (Å²) in [7, 11) is 0. The van der Waals surface area contributed by atoms with Crippen LogP contribution in [0.2, 0.25) is 0 Å². The summed E-state index contributed by atoms with van der Waals surface area (Å²) in [5.41, 5.74) is 2.52. The molecule has 1 heterocycles. The molecule has 3 rings (SSSR count). The zero-order valence-electron chi connectivity index (χ0n) is 13.7. The summed E-state index contributed by atoms with van der Waals surface area (Å²) in [6.07, 6.45) is 1.51. The standard InChI is InChI=1S/C19H21N3O2/c1-14-8-5-6-11-16(14)21-18(23)17-12-7-13-22(17)19(24)20-15-9-3-2-4-10-15/h2-6,8-11,17H,7,12-13H2,1H3,(H,20,24)(H,21,23)/t17-/m0/s1. The van der Waals surface area contributed by atoms with Crippen LogP contribution in [0.25, 0.3) is 0 Å². The number of carbonyl (C=O) groups is 2. The van der Waals surface area contributed by atoms with Crippen LogP contribution >= 0.6 is 0 Å². The molecule has 0 spiro atoms. The Hall–Kier alpha value is -2.82. The van der Waals surface area contributed by atoms with Crippen molar-refractivity contribution in [3.63, 3.8) is 0 Å². The number of hydrogen-bond donors (Lipinski definition) is 2. The number of amides is 3. The topological polar surface area (TPSA) is 61.4 Å². The molecule has 0 aliphatic carbocycles. The van der Waals surface area contributed by atoms with Gasteiger partial charge in [0.1, 0.15) is 6.04 Å². The van der Waals surface area contributed by atoms with E-state index in [-0.39, 0.29) is 11.9 Å². The van der Waals surface area contributed by atoms with E-state index in [9.17, 15) is 9.59 Å². The molecule has 1 aliphatic heterocycles. The molecular weight excluding hydrogens is 302 g/mol. The maximum atomic E-state index is 12.6. The molecule has 3 amide bonds. The van der Waals surface area contributed by atoms with Crippen LogP contribution in [0.4, 0.5) is 16.2 Å².